The van der Waals surface area contributed by atoms with Gasteiger partial charge in [-0.05, 0) is 60.2 Å². The SMILES string of the molecule is COc1cccc([C@H]2C[C@@H](n3cnc(NC(=O)Cc4ccc5ncccc5c4)c3)C2)c1. The van der Waals surface area contributed by atoms with Crippen LogP contribution in [0, 0.1) is 0 Å². The summed E-state index contributed by atoms with van der Waals surface area (Å²) >= 11 is 0. The maximum Gasteiger partial charge on any atom is 0.229 e. The lowest BCUT2D eigenvalue weighted by Crippen LogP contribution is -2.24. The molecule has 0 aliphatic heterocycles. The van der Waals surface area contributed by atoms with Gasteiger partial charge in [0.2, 0.25) is 5.91 Å². The van der Waals surface area contributed by atoms with Crippen molar-refractivity contribution in [1.29, 1.82) is 0 Å². The van der Waals surface area contributed by atoms with Crippen LogP contribution in [0.1, 0.15) is 35.9 Å². The molecule has 1 aliphatic carbocycles. The Morgan fingerprint density at radius 2 is 2.03 bits per heavy atom. The van der Waals surface area contributed by atoms with E-state index in [1.165, 1.54) is 5.56 Å². The Hall–Kier alpha value is -3.67. The number of nitrogens with one attached hydrogen (secondary N) is 1. The van der Waals surface area contributed by atoms with Gasteiger partial charge in [-0.25, -0.2) is 4.98 Å². The number of anilines is 1. The molecule has 0 saturated heterocycles. The number of aromatic nitrogens is 3. The molecule has 1 fully saturated rings. The predicted molar refractivity (Wildman–Crippen MR) is 120 cm³/mol. The second-order valence-electron chi connectivity index (χ2n) is 8.06. The van der Waals surface area contributed by atoms with E-state index in [1.807, 2.05) is 55.0 Å². The van der Waals surface area contributed by atoms with E-state index in [2.05, 4.69) is 32.0 Å². The van der Waals surface area contributed by atoms with Gasteiger partial charge in [-0.15, -0.1) is 0 Å². The van der Waals surface area contributed by atoms with Crippen LogP contribution in [0.25, 0.3) is 10.9 Å². The van der Waals surface area contributed by atoms with E-state index in [9.17, 15) is 4.79 Å². The van der Waals surface area contributed by atoms with Crippen molar-refractivity contribution in [3.8, 4) is 5.75 Å². The third kappa shape index (κ3) is 4.14. The van der Waals surface area contributed by atoms with Crippen molar-refractivity contribution < 1.29 is 9.53 Å². The number of amides is 1. The lowest BCUT2D eigenvalue weighted by molar-refractivity contribution is -0.115. The minimum atomic E-state index is -0.0728. The van der Waals surface area contributed by atoms with Crippen molar-refractivity contribution in [3.63, 3.8) is 0 Å². The largest absolute Gasteiger partial charge is 0.497 e. The van der Waals surface area contributed by atoms with Crippen molar-refractivity contribution in [2.24, 2.45) is 0 Å². The van der Waals surface area contributed by atoms with Crippen molar-refractivity contribution >= 4 is 22.6 Å². The van der Waals surface area contributed by atoms with Gasteiger partial charge in [-0.2, -0.15) is 0 Å². The molecule has 4 aromatic rings. The van der Waals surface area contributed by atoms with Crippen LogP contribution in [0.2, 0.25) is 0 Å². The van der Waals surface area contributed by atoms with Gasteiger partial charge in [-0.1, -0.05) is 24.3 Å². The topological polar surface area (TPSA) is 69.0 Å². The van der Waals surface area contributed by atoms with Crippen molar-refractivity contribution in [3.05, 3.63) is 84.4 Å². The van der Waals surface area contributed by atoms with Crippen molar-refractivity contribution in [1.82, 2.24) is 14.5 Å². The Balaban J connectivity index is 1.17. The van der Waals surface area contributed by atoms with Gasteiger partial charge in [0.1, 0.15) is 5.75 Å². The second kappa shape index (κ2) is 8.22. The maximum atomic E-state index is 12.5. The highest BCUT2D eigenvalue weighted by atomic mass is 16.5. The van der Waals surface area contributed by atoms with E-state index in [0.717, 1.165) is 35.1 Å². The number of ether oxygens (including phenoxy) is 1. The number of carbonyl (C=O) groups excluding carboxylic acids is 1. The summed E-state index contributed by atoms with van der Waals surface area (Å²) < 4.78 is 7.44. The van der Waals surface area contributed by atoms with Gasteiger partial charge in [0.25, 0.3) is 0 Å². The fraction of sp³-hybridized carbons (Fsp3) is 0.240. The number of pyridine rings is 1. The zero-order valence-electron chi connectivity index (χ0n) is 17.4. The van der Waals surface area contributed by atoms with Gasteiger partial charge in [0.15, 0.2) is 5.82 Å². The minimum absolute atomic E-state index is 0.0728. The van der Waals surface area contributed by atoms with E-state index in [-0.39, 0.29) is 5.91 Å². The van der Waals surface area contributed by atoms with E-state index >= 15 is 0 Å². The molecule has 1 aliphatic rings. The first-order valence-electron chi connectivity index (χ1n) is 10.5. The van der Waals surface area contributed by atoms with Crippen LogP contribution < -0.4 is 10.1 Å². The number of fused-ring (bicyclic) bond motifs is 1. The molecule has 31 heavy (non-hydrogen) atoms. The predicted octanol–water partition coefficient (Wildman–Crippen LogP) is 4.74. The van der Waals surface area contributed by atoms with Crippen molar-refractivity contribution in [2.75, 3.05) is 12.4 Å². The Labute approximate surface area is 180 Å². The van der Waals surface area contributed by atoms with Crippen LogP contribution in [0.15, 0.2) is 73.3 Å². The normalized spacial score (nSPS) is 17.8. The third-order valence-electron chi connectivity index (χ3n) is 6.00. The number of benzene rings is 2. The summed E-state index contributed by atoms with van der Waals surface area (Å²) in [6.45, 7) is 0. The standard InChI is InChI=1S/C25H24N4O2/c1-31-22-6-2-4-18(14-22)20-12-21(13-20)29-15-24(27-16-29)28-25(30)11-17-7-8-23-19(10-17)5-3-9-26-23/h2-10,14-16,20-21H,11-13H2,1H3,(H,28,30)/t20-,21+. The average molecular weight is 412 g/mol. The zero-order chi connectivity index (χ0) is 21.2. The quantitative estimate of drug-likeness (QED) is 0.497. The first kappa shape index (κ1) is 19.3. The molecule has 0 unspecified atom stereocenters. The molecule has 6 heteroatoms. The van der Waals surface area contributed by atoms with Gasteiger partial charge in [0.05, 0.1) is 25.4 Å². The number of nitrogens with zero attached hydrogens (tertiary/aromatic N) is 3. The molecule has 6 nitrogen and oxygen atoms in total. The Kier molecular flexibility index (Phi) is 5.12. The number of hydrogen-bond acceptors (Lipinski definition) is 4. The molecule has 1 amide bonds. The van der Waals surface area contributed by atoms with Crippen LogP contribution in [0.3, 0.4) is 0 Å². The number of methoxy groups -OCH3 is 1. The molecule has 0 bridgehead atoms. The Bertz CT molecular complexity index is 1230. The van der Waals surface area contributed by atoms with Crippen LogP contribution >= 0.6 is 0 Å². The Morgan fingerprint density at radius 1 is 1.13 bits per heavy atom. The lowest BCUT2D eigenvalue weighted by atomic mass is 9.76. The zero-order valence-corrected chi connectivity index (χ0v) is 17.4. The molecule has 2 aromatic heterocycles. The molecule has 0 spiro atoms. The van der Waals surface area contributed by atoms with E-state index < -0.39 is 0 Å². The number of hydrogen-bond donors (Lipinski definition) is 1. The van der Waals surface area contributed by atoms with Crippen LogP contribution in [-0.4, -0.2) is 27.6 Å². The fourth-order valence-corrected chi connectivity index (χ4v) is 4.21. The summed E-state index contributed by atoms with van der Waals surface area (Å²) in [6.07, 6.45) is 7.92. The molecule has 1 saturated carbocycles. The maximum absolute atomic E-state index is 12.5. The molecular weight excluding hydrogens is 388 g/mol. The molecular formula is C25H24N4O2. The van der Waals surface area contributed by atoms with Gasteiger partial charge >= 0.3 is 0 Å². The number of imidazole rings is 1. The fourth-order valence-electron chi connectivity index (χ4n) is 4.21. The lowest BCUT2D eigenvalue weighted by Gasteiger charge is -2.36. The molecule has 2 heterocycles. The monoisotopic (exact) mass is 412 g/mol. The highest BCUT2D eigenvalue weighted by Crippen LogP contribution is 2.45. The average Bonchev–Trinajstić information content (AvgIpc) is 3.20. The minimum Gasteiger partial charge on any atom is -0.497 e. The third-order valence-corrected chi connectivity index (χ3v) is 6.00. The summed E-state index contributed by atoms with van der Waals surface area (Å²) in [7, 11) is 1.70. The molecule has 156 valence electrons. The molecule has 2 aromatic carbocycles. The molecule has 0 radical (unpaired) electrons. The van der Waals surface area contributed by atoms with Gasteiger partial charge < -0.3 is 14.6 Å². The molecule has 1 N–H and O–H groups in total. The first-order chi connectivity index (χ1) is 15.2. The van der Waals surface area contributed by atoms with E-state index in [0.29, 0.717) is 24.2 Å². The van der Waals surface area contributed by atoms with Crippen molar-refractivity contribution in [2.45, 2.75) is 31.2 Å². The van der Waals surface area contributed by atoms with Crippen LogP contribution in [0.5, 0.6) is 5.75 Å². The second-order valence-corrected chi connectivity index (χ2v) is 8.06. The van der Waals surface area contributed by atoms with Gasteiger partial charge in [0, 0.05) is 23.8 Å². The summed E-state index contributed by atoms with van der Waals surface area (Å²) in [5, 5.41) is 3.95. The highest BCUT2D eigenvalue weighted by Gasteiger charge is 2.31. The van der Waals surface area contributed by atoms with Crippen LogP contribution in [-0.2, 0) is 11.2 Å². The van der Waals surface area contributed by atoms with E-state index in [1.54, 1.807) is 13.3 Å². The number of carbonyl (C=O) groups is 1. The summed E-state index contributed by atoms with van der Waals surface area (Å²) in [4.78, 5) is 21.2. The molecule has 0 atom stereocenters. The number of rotatable bonds is 6. The smallest absolute Gasteiger partial charge is 0.229 e. The Morgan fingerprint density at radius 3 is 2.90 bits per heavy atom. The van der Waals surface area contributed by atoms with Gasteiger partial charge in [-0.3, -0.25) is 9.78 Å². The molecule has 5 rings (SSSR count). The van der Waals surface area contributed by atoms with E-state index in [4.69, 9.17) is 4.74 Å². The summed E-state index contributed by atoms with van der Waals surface area (Å²) in [5.41, 5.74) is 3.20. The first-order valence-corrected chi connectivity index (χ1v) is 10.5. The highest BCUT2D eigenvalue weighted by molar-refractivity contribution is 5.92. The summed E-state index contributed by atoms with van der Waals surface area (Å²) in [6, 6.07) is 18.5. The van der Waals surface area contributed by atoms with Crippen LogP contribution in [0.4, 0.5) is 5.82 Å². The summed E-state index contributed by atoms with van der Waals surface area (Å²) in [5.74, 6) is 1.95.